The molecule has 4 N–H and O–H groups in total. The zero-order chi connectivity index (χ0) is 24.7. The van der Waals surface area contributed by atoms with Gasteiger partial charge in [0.25, 0.3) is 5.91 Å². The van der Waals surface area contributed by atoms with Crippen molar-refractivity contribution in [2.45, 2.75) is 19.3 Å². The van der Waals surface area contributed by atoms with E-state index >= 15 is 0 Å². The number of nitrogen functional groups attached to an aromatic ring is 1. The fourth-order valence-electron chi connectivity index (χ4n) is 3.20. The molecule has 3 aromatic rings. The average Bonchev–Trinajstić information content (AvgIpc) is 2.84. The highest BCUT2D eigenvalue weighted by molar-refractivity contribution is 5.95. The molecule has 1 amide bonds. The number of rotatable bonds is 10. The number of aromatic nitrogens is 1. The molecule has 0 fully saturated rings. The van der Waals surface area contributed by atoms with Crippen LogP contribution in [0.4, 0.5) is 8.78 Å². The molecule has 0 radical (unpaired) electrons. The zero-order valence-electron chi connectivity index (χ0n) is 18.6. The number of nitrogens with two attached hydrogens (primary N) is 1. The maximum absolute atomic E-state index is 14.5. The van der Waals surface area contributed by atoms with Crippen LogP contribution in [0.25, 0.3) is 0 Å². The molecule has 0 aliphatic rings. The summed E-state index contributed by atoms with van der Waals surface area (Å²) in [5, 5.41) is 10.3. The highest BCUT2D eigenvalue weighted by Crippen LogP contribution is 2.28. The lowest BCUT2D eigenvalue weighted by atomic mass is 10.1. The van der Waals surface area contributed by atoms with Gasteiger partial charge < -0.3 is 25.3 Å². The van der Waals surface area contributed by atoms with Crippen LogP contribution in [0.3, 0.4) is 0 Å². The number of hydrogen-bond donors (Lipinski definition) is 3. The number of carbonyl (C=O) groups is 1. The monoisotopic (exact) mass is 470 g/mol. The smallest absolute Gasteiger partial charge is 0.254 e. The van der Waals surface area contributed by atoms with Gasteiger partial charge in [-0.2, -0.15) is 0 Å². The molecule has 0 saturated carbocycles. The Labute approximate surface area is 195 Å². The van der Waals surface area contributed by atoms with E-state index < -0.39 is 29.2 Å². The predicted octanol–water partition coefficient (Wildman–Crippen LogP) is 3.24. The Hall–Kier alpha value is -4.05. The number of benzene rings is 2. The fraction of sp³-hybridized carbons (Fsp3) is 0.208. The normalized spacial score (nSPS) is 11.5. The molecule has 0 unspecified atom stereocenters. The Morgan fingerprint density at radius 1 is 1.12 bits per heavy atom. The highest BCUT2D eigenvalue weighted by Gasteiger charge is 2.28. The summed E-state index contributed by atoms with van der Waals surface area (Å²) in [7, 11) is 2.46. The van der Waals surface area contributed by atoms with Crippen molar-refractivity contribution >= 4 is 11.7 Å². The molecule has 0 aliphatic heterocycles. The first-order chi connectivity index (χ1) is 16.3. The summed E-state index contributed by atoms with van der Waals surface area (Å²) in [6.45, 7) is 0.190. The molecule has 0 spiro atoms. The van der Waals surface area contributed by atoms with E-state index in [0.717, 1.165) is 17.7 Å². The van der Waals surface area contributed by atoms with E-state index in [0.29, 0.717) is 16.9 Å². The molecule has 0 aliphatic carbocycles. The molecule has 0 saturated heterocycles. The molecular formula is C24H24F2N4O4. The number of methoxy groups -OCH3 is 2. The number of nitrogens with zero attached hydrogens (tertiary/aromatic N) is 1. The topological polar surface area (TPSA) is 120 Å². The van der Waals surface area contributed by atoms with Crippen LogP contribution in [0.15, 0.2) is 54.9 Å². The van der Waals surface area contributed by atoms with E-state index in [4.69, 9.17) is 25.4 Å². The number of nitrogens with one attached hydrogen (secondary N) is 2. The van der Waals surface area contributed by atoms with Crippen molar-refractivity contribution in [3.8, 4) is 11.5 Å². The minimum Gasteiger partial charge on any atom is -0.497 e. The molecule has 2 aromatic carbocycles. The molecule has 10 heteroatoms. The van der Waals surface area contributed by atoms with Crippen LogP contribution < -0.4 is 20.5 Å². The number of pyridine rings is 1. The van der Waals surface area contributed by atoms with Gasteiger partial charge in [-0.05, 0) is 23.8 Å². The van der Waals surface area contributed by atoms with Gasteiger partial charge >= 0.3 is 0 Å². The van der Waals surface area contributed by atoms with Gasteiger partial charge in [0.2, 0.25) is 0 Å². The van der Waals surface area contributed by atoms with Crippen LogP contribution in [0.2, 0.25) is 0 Å². The van der Waals surface area contributed by atoms with Crippen LogP contribution in [-0.4, -0.2) is 30.9 Å². The summed E-state index contributed by atoms with van der Waals surface area (Å²) in [4.78, 5) is 16.7. The van der Waals surface area contributed by atoms with E-state index in [9.17, 15) is 13.6 Å². The van der Waals surface area contributed by atoms with Gasteiger partial charge in [0.05, 0.1) is 12.7 Å². The zero-order valence-corrected chi connectivity index (χ0v) is 18.6. The second-order valence-corrected chi connectivity index (χ2v) is 7.22. The lowest BCUT2D eigenvalue weighted by Crippen LogP contribution is -2.31. The second kappa shape index (κ2) is 11.2. The predicted molar refractivity (Wildman–Crippen MR) is 121 cm³/mol. The summed E-state index contributed by atoms with van der Waals surface area (Å²) in [6, 6.07) is 10.4. The van der Waals surface area contributed by atoms with Crippen molar-refractivity contribution in [3.05, 3.63) is 88.7 Å². The molecular weight excluding hydrogens is 446 g/mol. The SMILES string of the molecule is COc1cc(F)c([C@H](OC)C(=O)NCc2ccc(C(=N)N)cc2OCc2ccncc2)c(F)c1. The quantitative estimate of drug-likeness (QED) is 0.309. The van der Waals surface area contributed by atoms with Gasteiger partial charge in [-0.3, -0.25) is 15.2 Å². The summed E-state index contributed by atoms with van der Waals surface area (Å²) in [5.41, 5.74) is 6.93. The first-order valence-electron chi connectivity index (χ1n) is 10.2. The van der Waals surface area contributed by atoms with Gasteiger partial charge in [0.15, 0.2) is 6.10 Å². The molecule has 0 bridgehead atoms. The van der Waals surface area contributed by atoms with E-state index in [1.54, 1.807) is 42.7 Å². The third kappa shape index (κ3) is 5.84. The third-order valence-corrected chi connectivity index (χ3v) is 5.00. The van der Waals surface area contributed by atoms with Crippen molar-refractivity contribution < 1.29 is 27.8 Å². The van der Waals surface area contributed by atoms with E-state index in [1.807, 2.05) is 0 Å². The summed E-state index contributed by atoms with van der Waals surface area (Å²) < 4.78 is 44.8. The Morgan fingerprint density at radius 2 is 1.79 bits per heavy atom. The molecule has 3 rings (SSSR count). The van der Waals surface area contributed by atoms with Crippen LogP contribution in [0.1, 0.15) is 28.4 Å². The molecule has 34 heavy (non-hydrogen) atoms. The average molecular weight is 470 g/mol. The minimum atomic E-state index is -1.52. The molecule has 1 atom stereocenters. The molecule has 1 aromatic heterocycles. The highest BCUT2D eigenvalue weighted by atomic mass is 19.1. The number of ether oxygens (including phenoxy) is 3. The maximum atomic E-state index is 14.5. The lowest BCUT2D eigenvalue weighted by molar-refractivity contribution is -0.131. The third-order valence-electron chi connectivity index (χ3n) is 5.00. The minimum absolute atomic E-state index is 0.0180. The fourth-order valence-corrected chi connectivity index (χ4v) is 3.20. The van der Waals surface area contributed by atoms with E-state index in [1.165, 1.54) is 14.2 Å². The summed E-state index contributed by atoms with van der Waals surface area (Å²) in [5.74, 6) is -2.45. The Kier molecular flexibility index (Phi) is 8.10. The van der Waals surface area contributed by atoms with Crippen LogP contribution in [0, 0.1) is 17.0 Å². The van der Waals surface area contributed by atoms with E-state index in [2.05, 4.69) is 10.3 Å². The van der Waals surface area contributed by atoms with Gasteiger partial charge in [0, 0.05) is 49.3 Å². The van der Waals surface area contributed by atoms with Gasteiger partial charge in [-0.1, -0.05) is 12.1 Å². The van der Waals surface area contributed by atoms with Crippen molar-refractivity contribution in [2.75, 3.05) is 14.2 Å². The molecule has 1 heterocycles. The van der Waals surface area contributed by atoms with Crippen molar-refractivity contribution in [1.29, 1.82) is 5.41 Å². The van der Waals surface area contributed by atoms with Crippen LogP contribution in [0.5, 0.6) is 11.5 Å². The maximum Gasteiger partial charge on any atom is 0.254 e. The summed E-state index contributed by atoms with van der Waals surface area (Å²) in [6.07, 6.45) is 1.74. The first kappa shape index (κ1) is 24.6. The number of hydrogen-bond acceptors (Lipinski definition) is 6. The second-order valence-electron chi connectivity index (χ2n) is 7.22. The Balaban J connectivity index is 1.79. The van der Waals surface area contributed by atoms with Crippen molar-refractivity contribution in [3.63, 3.8) is 0 Å². The van der Waals surface area contributed by atoms with Gasteiger partial charge in [0.1, 0.15) is 35.6 Å². The van der Waals surface area contributed by atoms with Crippen molar-refractivity contribution in [1.82, 2.24) is 10.3 Å². The largest absolute Gasteiger partial charge is 0.497 e. The van der Waals surface area contributed by atoms with Crippen molar-refractivity contribution in [2.24, 2.45) is 5.73 Å². The molecule has 178 valence electrons. The standard InChI is InChI=1S/C24H24F2N4O4/c1-32-17-10-18(25)21(19(26)11-17)22(33-2)24(31)30-12-16-4-3-15(23(27)28)9-20(16)34-13-14-5-7-29-8-6-14/h3-11,22H,12-13H2,1-2H3,(H3,27,28)(H,30,31)/t22-/m0/s1. The Bertz CT molecular complexity index is 1150. The van der Waals surface area contributed by atoms with Crippen LogP contribution in [-0.2, 0) is 22.7 Å². The van der Waals surface area contributed by atoms with Crippen LogP contribution >= 0.6 is 0 Å². The van der Waals surface area contributed by atoms with Gasteiger partial charge in [-0.15, -0.1) is 0 Å². The molecule has 8 nitrogen and oxygen atoms in total. The number of halogens is 2. The number of amides is 1. The first-order valence-corrected chi connectivity index (χ1v) is 10.2. The van der Waals surface area contributed by atoms with Gasteiger partial charge in [-0.25, -0.2) is 8.78 Å². The Morgan fingerprint density at radius 3 is 2.38 bits per heavy atom. The lowest BCUT2D eigenvalue weighted by Gasteiger charge is -2.19. The number of carbonyl (C=O) groups excluding carboxylic acids is 1. The summed E-state index contributed by atoms with van der Waals surface area (Å²) >= 11 is 0. The van der Waals surface area contributed by atoms with E-state index in [-0.39, 0.29) is 24.7 Å². The number of amidine groups is 1.